The first-order valence-electron chi connectivity index (χ1n) is 6.16. The molecule has 1 rings (SSSR count). The van der Waals surface area contributed by atoms with E-state index in [4.69, 9.17) is 14.3 Å². The van der Waals surface area contributed by atoms with Crippen LogP contribution >= 0.6 is 0 Å². The number of carbonyl (C=O) groups excluding carboxylic acids is 1. The molecule has 0 aliphatic rings. The minimum atomic E-state index is -0.496. The lowest BCUT2D eigenvalue weighted by Gasteiger charge is -2.26. The highest BCUT2D eigenvalue weighted by atomic mass is 16.5. The van der Waals surface area contributed by atoms with Crippen LogP contribution in [-0.2, 0) is 9.47 Å². The second-order valence-corrected chi connectivity index (χ2v) is 4.12. The van der Waals surface area contributed by atoms with Crippen LogP contribution in [0.15, 0.2) is 16.5 Å². The summed E-state index contributed by atoms with van der Waals surface area (Å²) in [5.74, 6) is 0.342. The van der Waals surface area contributed by atoms with Crippen molar-refractivity contribution in [3.8, 4) is 0 Å². The zero-order valence-corrected chi connectivity index (χ0v) is 11.6. The fourth-order valence-corrected chi connectivity index (χ4v) is 1.80. The summed E-state index contributed by atoms with van der Waals surface area (Å²) in [6.07, 6.45) is 0. The molecule has 0 fully saturated rings. The van der Waals surface area contributed by atoms with Crippen LogP contribution in [0.3, 0.4) is 0 Å². The van der Waals surface area contributed by atoms with Gasteiger partial charge in [0.25, 0.3) is 0 Å². The molecule has 1 N–H and O–H groups in total. The van der Waals surface area contributed by atoms with Crippen LogP contribution in [0.4, 0.5) is 0 Å². The van der Waals surface area contributed by atoms with E-state index in [0.717, 1.165) is 0 Å². The van der Waals surface area contributed by atoms with E-state index in [-0.39, 0.29) is 18.4 Å². The number of rotatable bonds is 8. The first-order chi connectivity index (χ1) is 9.13. The zero-order chi connectivity index (χ0) is 14.3. The normalized spacial score (nSPS) is 12.7. The fraction of sp³-hybridized carbons (Fsp3) is 0.615. The molecule has 108 valence electrons. The van der Waals surface area contributed by atoms with Crippen molar-refractivity contribution in [3.05, 3.63) is 23.7 Å². The average molecular weight is 271 g/mol. The highest BCUT2D eigenvalue weighted by molar-refractivity contribution is 5.86. The molecule has 1 heterocycles. The number of carbonyl (C=O) groups is 1. The molecule has 0 aliphatic carbocycles. The van der Waals surface area contributed by atoms with E-state index in [1.807, 2.05) is 11.8 Å². The third-order valence-electron chi connectivity index (χ3n) is 2.94. The van der Waals surface area contributed by atoms with Gasteiger partial charge in [-0.3, -0.25) is 4.90 Å². The van der Waals surface area contributed by atoms with E-state index >= 15 is 0 Å². The summed E-state index contributed by atoms with van der Waals surface area (Å²) in [6.45, 7) is 3.75. The quantitative estimate of drug-likeness (QED) is 0.713. The largest absolute Gasteiger partial charge is 0.463 e. The molecule has 0 bridgehead atoms. The van der Waals surface area contributed by atoms with Crippen molar-refractivity contribution in [1.82, 2.24) is 4.90 Å². The molecule has 1 atom stereocenters. The van der Waals surface area contributed by atoms with Gasteiger partial charge in [-0.1, -0.05) is 0 Å². The summed E-state index contributed by atoms with van der Waals surface area (Å²) < 4.78 is 15.1. The topological polar surface area (TPSA) is 72.1 Å². The van der Waals surface area contributed by atoms with E-state index in [1.54, 1.807) is 19.2 Å². The monoisotopic (exact) mass is 271 g/mol. The van der Waals surface area contributed by atoms with Crippen molar-refractivity contribution >= 4 is 5.97 Å². The van der Waals surface area contributed by atoms with Crippen LogP contribution in [0.1, 0.15) is 29.3 Å². The van der Waals surface area contributed by atoms with Gasteiger partial charge in [-0.15, -0.1) is 0 Å². The molecule has 0 aromatic carbocycles. The Kier molecular flexibility index (Phi) is 6.55. The first kappa shape index (κ1) is 15.7. The van der Waals surface area contributed by atoms with Gasteiger partial charge in [0.1, 0.15) is 5.76 Å². The van der Waals surface area contributed by atoms with Crippen LogP contribution in [0, 0.1) is 0 Å². The van der Waals surface area contributed by atoms with Crippen LogP contribution in [0.5, 0.6) is 0 Å². The molecular weight excluding hydrogens is 250 g/mol. The van der Waals surface area contributed by atoms with Crippen molar-refractivity contribution in [2.75, 3.05) is 40.5 Å². The number of ether oxygens (including phenoxy) is 2. The summed E-state index contributed by atoms with van der Waals surface area (Å²) in [6, 6.07) is 3.28. The number of hydrogen-bond acceptors (Lipinski definition) is 6. The van der Waals surface area contributed by atoms with Crippen molar-refractivity contribution in [1.29, 1.82) is 0 Å². The highest BCUT2D eigenvalue weighted by Gasteiger charge is 2.20. The second kappa shape index (κ2) is 7.93. The minimum absolute atomic E-state index is 0.0542. The maximum atomic E-state index is 11.3. The van der Waals surface area contributed by atoms with E-state index < -0.39 is 5.97 Å². The van der Waals surface area contributed by atoms with Gasteiger partial charge >= 0.3 is 5.97 Å². The number of methoxy groups -OCH3 is 2. The highest BCUT2D eigenvalue weighted by Crippen LogP contribution is 2.22. The standard InChI is InChI=1S/C13H21NO5/c1-10(14(6-8-15)7-9-17-2)11-4-5-12(19-11)13(16)18-3/h4-5,10,15H,6-9H2,1-3H3. The number of aliphatic hydroxyl groups excluding tert-OH is 1. The Morgan fingerprint density at radius 1 is 1.42 bits per heavy atom. The molecule has 19 heavy (non-hydrogen) atoms. The molecule has 1 unspecified atom stereocenters. The Hall–Kier alpha value is -1.37. The maximum absolute atomic E-state index is 11.3. The maximum Gasteiger partial charge on any atom is 0.373 e. The SMILES string of the molecule is COCCN(CCO)C(C)c1ccc(C(=O)OC)o1. The Balaban J connectivity index is 2.74. The summed E-state index contributed by atoms with van der Waals surface area (Å²) in [5, 5.41) is 9.08. The van der Waals surface area contributed by atoms with Gasteiger partial charge in [-0.25, -0.2) is 4.79 Å². The summed E-state index contributed by atoms with van der Waals surface area (Å²) in [4.78, 5) is 13.3. The summed E-state index contributed by atoms with van der Waals surface area (Å²) in [5.41, 5.74) is 0. The van der Waals surface area contributed by atoms with Crippen molar-refractivity contribution in [2.45, 2.75) is 13.0 Å². The van der Waals surface area contributed by atoms with E-state index in [0.29, 0.717) is 25.5 Å². The minimum Gasteiger partial charge on any atom is -0.463 e. The fourth-order valence-electron chi connectivity index (χ4n) is 1.80. The molecular formula is C13H21NO5. The van der Waals surface area contributed by atoms with Crippen molar-refractivity contribution < 1.29 is 23.8 Å². The summed E-state index contributed by atoms with van der Waals surface area (Å²) in [7, 11) is 2.94. The van der Waals surface area contributed by atoms with Crippen LogP contribution in [0.2, 0.25) is 0 Å². The lowest BCUT2D eigenvalue weighted by molar-refractivity contribution is 0.0554. The Bertz CT molecular complexity index is 390. The number of aliphatic hydroxyl groups is 1. The predicted molar refractivity (Wildman–Crippen MR) is 69.0 cm³/mol. The van der Waals surface area contributed by atoms with Gasteiger partial charge in [0.2, 0.25) is 5.76 Å². The molecule has 1 aromatic heterocycles. The van der Waals surface area contributed by atoms with Crippen LogP contribution in [0.25, 0.3) is 0 Å². The van der Waals surface area contributed by atoms with Gasteiger partial charge in [-0.2, -0.15) is 0 Å². The molecule has 6 heteroatoms. The predicted octanol–water partition coefficient (Wildman–Crippen LogP) is 1.07. The van der Waals surface area contributed by atoms with Gasteiger partial charge in [0, 0.05) is 20.2 Å². The van der Waals surface area contributed by atoms with Gasteiger partial charge in [0.15, 0.2) is 0 Å². The van der Waals surface area contributed by atoms with Gasteiger partial charge in [-0.05, 0) is 19.1 Å². The van der Waals surface area contributed by atoms with E-state index in [2.05, 4.69) is 4.74 Å². The Morgan fingerprint density at radius 3 is 2.74 bits per heavy atom. The molecule has 0 spiro atoms. The lowest BCUT2D eigenvalue weighted by Crippen LogP contribution is -2.32. The van der Waals surface area contributed by atoms with Gasteiger partial charge < -0.3 is 19.0 Å². The molecule has 1 aromatic rings. The Labute approximate surface area is 112 Å². The Morgan fingerprint density at radius 2 is 2.16 bits per heavy atom. The van der Waals surface area contributed by atoms with E-state index in [9.17, 15) is 4.79 Å². The molecule has 0 radical (unpaired) electrons. The van der Waals surface area contributed by atoms with Crippen LogP contribution < -0.4 is 0 Å². The van der Waals surface area contributed by atoms with Crippen LogP contribution in [-0.4, -0.2) is 56.5 Å². The molecule has 0 amide bonds. The number of esters is 1. The average Bonchev–Trinajstić information content (AvgIpc) is 2.91. The zero-order valence-electron chi connectivity index (χ0n) is 11.6. The number of nitrogens with zero attached hydrogens (tertiary/aromatic N) is 1. The third kappa shape index (κ3) is 4.34. The number of furan rings is 1. The molecule has 0 saturated carbocycles. The molecule has 0 saturated heterocycles. The molecule has 6 nitrogen and oxygen atoms in total. The second-order valence-electron chi connectivity index (χ2n) is 4.12. The number of hydrogen-bond donors (Lipinski definition) is 1. The lowest BCUT2D eigenvalue weighted by atomic mass is 10.2. The first-order valence-corrected chi connectivity index (χ1v) is 6.16. The van der Waals surface area contributed by atoms with Crippen molar-refractivity contribution in [3.63, 3.8) is 0 Å². The van der Waals surface area contributed by atoms with Gasteiger partial charge in [0.05, 0.1) is 26.4 Å². The smallest absolute Gasteiger partial charge is 0.373 e. The summed E-state index contributed by atoms with van der Waals surface area (Å²) >= 11 is 0. The third-order valence-corrected chi connectivity index (χ3v) is 2.94. The van der Waals surface area contributed by atoms with Crippen molar-refractivity contribution in [2.24, 2.45) is 0 Å². The molecule has 0 aliphatic heterocycles. The van der Waals surface area contributed by atoms with E-state index in [1.165, 1.54) is 7.11 Å².